The Balaban J connectivity index is 1.72. The highest BCUT2D eigenvalue weighted by atomic mass is 35.5. The van der Waals surface area contributed by atoms with Crippen molar-refractivity contribution in [1.82, 2.24) is 20.2 Å². The van der Waals surface area contributed by atoms with Gasteiger partial charge in [0.05, 0.1) is 11.8 Å². The molecule has 0 amide bonds. The van der Waals surface area contributed by atoms with Crippen LogP contribution in [0.1, 0.15) is 12.8 Å². The predicted molar refractivity (Wildman–Crippen MR) is 73.9 cm³/mol. The number of halogens is 1. The van der Waals surface area contributed by atoms with Gasteiger partial charge in [0.25, 0.3) is 0 Å². The van der Waals surface area contributed by atoms with Crippen LogP contribution >= 0.6 is 23.4 Å². The molecule has 0 spiro atoms. The minimum absolute atomic E-state index is 0.320. The average molecular weight is 297 g/mol. The second-order valence-electron chi connectivity index (χ2n) is 4.30. The lowest BCUT2D eigenvalue weighted by Crippen LogP contribution is -2.09. The number of aromatic nitrogens is 4. The van der Waals surface area contributed by atoms with Gasteiger partial charge in [0, 0.05) is 17.4 Å². The Morgan fingerprint density at radius 2 is 2.21 bits per heavy atom. The lowest BCUT2D eigenvalue weighted by Gasteiger charge is -2.08. The number of thioether (sulfide) groups is 1. The van der Waals surface area contributed by atoms with Gasteiger partial charge in [-0.2, -0.15) is 4.68 Å². The Hall–Kier alpha value is -1.11. The average Bonchev–Trinajstić information content (AvgIpc) is 3.08. The van der Waals surface area contributed by atoms with Gasteiger partial charge in [-0.1, -0.05) is 23.4 Å². The van der Waals surface area contributed by atoms with E-state index in [1.165, 1.54) is 0 Å². The summed E-state index contributed by atoms with van der Waals surface area (Å²) in [6, 6.07) is 7.45. The molecule has 3 rings (SSSR count). The smallest absolute Gasteiger partial charge is 0.214 e. The molecule has 0 N–H and O–H groups in total. The van der Waals surface area contributed by atoms with Crippen LogP contribution in [0.3, 0.4) is 0 Å². The summed E-state index contributed by atoms with van der Waals surface area (Å²) in [6.45, 7) is 0.868. The first-order valence-electron chi connectivity index (χ1n) is 6.11. The van der Waals surface area contributed by atoms with E-state index in [2.05, 4.69) is 15.5 Å². The Bertz CT molecular complexity index is 539. The van der Waals surface area contributed by atoms with Crippen molar-refractivity contribution in [3.8, 4) is 5.69 Å². The topological polar surface area (TPSA) is 52.8 Å². The fraction of sp³-hybridized carbons (Fsp3) is 0.417. The molecule has 1 aromatic heterocycles. The van der Waals surface area contributed by atoms with Crippen molar-refractivity contribution in [2.24, 2.45) is 0 Å². The molecular weight excluding hydrogens is 284 g/mol. The second-order valence-corrected chi connectivity index (χ2v) is 5.72. The van der Waals surface area contributed by atoms with Crippen LogP contribution in [0.15, 0.2) is 29.4 Å². The van der Waals surface area contributed by atoms with Gasteiger partial charge in [0.2, 0.25) is 5.16 Å². The van der Waals surface area contributed by atoms with Gasteiger partial charge in [-0.05, 0) is 47.5 Å². The standard InChI is InChI=1S/C12H13ClN4OS/c13-9-3-5-10(6-4-9)17-12(14-15-16-17)19-8-11-2-1-7-18-11/h3-6,11H,1-2,7-8H2/t11-/m1/s1. The van der Waals surface area contributed by atoms with Gasteiger partial charge < -0.3 is 4.74 Å². The van der Waals surface area contributed by atoms with Crippen LogP contribution in [0.25, 0.3) is 5.69 Å². The van der Waals surface area contributed by atoms with Crippen LogP contribution in [0.2, 0.25) is 5.02 Å². The van der Waals surface area contributed by atoms with Crippen molar-refractivity contribution >= 4 is 23.4 Å². The summed E-state index contributed by atoms with van der Waals surface area (Å²) in [7, 11) is 0. The van der Waals surface area contributed by atoms with Crippen LogP contribution in [-0.2, 0) is 4.74 Å². The summed E-state index contributed by atoms with van der Waals surface area (Å²) in [6.07, 6.45) is 2.59. The maximum absolute atomic E-state index is 5.88. The third-order valence-electron chi connectivity index (χ3n) is 2.93. The molecule has 1 aromatic carbocycles. The summed E-state index contributed by atoms with van der Waals surface area (Å²) >= 11 is 7.50. The molecule has 7 heteroatoms. The van der Waals surface area contributed by atoms with Crippen molar-refractivity contribution in [1.29, 1.82) is 0 Å². The van der Waals surface area contributed by atoms with Crippen molar-refractivity contribution < 1.29 is 4.74 Å². The molecule has 19 heavy (non-hydrogen) atoms. The van der Waals surface area contributed by atoms with E-state index in [1.807, 2.05) is 24.3 Å². The maximum Gasteiger partial charge on any atom is 0.214 e. The fourth-order valence-corrected chi connectivity index (χ4v) is 3.04. The van der Waals surface area contributed by atoms with E-state index in [4.69, 9.17) is 16.3 Å². The fourth-order valence-electron chi connectivity index (χ4n) is 1.96. The molecular formula is C12H13ClN4OS. The first-order valence-corrected chi connectivity index (χ1v) is 7.48. The molecule has 1 saturated heterocycles. The van der Waals surface area contributed by atoms with E-state index in [0.29, 0.717) is 11.1 Å². The molecule has 0 bridgehead atoms. The molecule has 1 atom stereocenters. The third-order valence-corrected chi connectivity index (χ3v) is 4.24. The molecule has 2 aromatic rings. The lowest BCUT2D eigenvalue weighted by molar-refractivity contribution is 0.129. The molecule has 100 valence electrons. The van der Waals surface area contributed by atoms with Gasteiger partial charge in [-0.15, -0.1) is 5.10 Å². The maximum atomic E-state index is 5.88. The highest BCUT2D eigenvalue weighted by Crippen LogP contribution is 2.23. The van der Waals surface area contributed by atoms with Gasteiger partial charge in [-0.25, -0.2) is 0 Å². The summed E-state index contributed by atoms with van der Waals surface area (Å²) in [5, 5.41) is 13.3. The van der Waals surface area contributed by atoms with E-state index in [1.54, 1.807) is 16.4 Å². The van der Waals surface area contributed by atoms with Gasteiger partial charge >= 0.3 is 0 Å². The zero-order chi connectivity index (χ0) is 13.1. The second kappa shape index (κ2) is 5.90. The minimum atomic E-state index is 0.320. The van der Waals surface area contributed by atoms with Crippen LogP contribution in [0.5, 0.6) is 0 Å². The molecule has 0 radical (unpaired) electrons. The Labute approximate surface area is 120 Å². The Morgan fingerprint density at radius 3 is 2.95 bits per heavy atom. The SMILES string of the molecule is Clc1ccc(-n2nnnc2SC[C@H]2CCCO2)cc1. The highest BCUT2D eigenvalue weighted by molar-refractivity contribution is 7.99. The molecule has 5 nitrogen and oxygen atoms in total. The predicted octanol–water partition coefficient (Wildman–Crippen LogP) is 2.59. The molecule has 0 aliphatic carbocycles. The number of hydrogen-bond donors (Lipinski definition) is 0. The summed E-state index contributed by atoms with van der Waals surface area (Å²) in [5.41, 5.74) is 0.907. The molecule has 1 fully saturated rings. The lowest BCUT2D eigenvalue weighted by atomic mass is 10.3. The normalized spacial score (nSPS) is 18.9. The zero-order valence-corrected chi connectivity index (χ0v) is 11.8. The van der Waals surface area contributed by atoms with Crippen LogP contribution < -0.4 is 0 Å². The Morgan fingerprint density at radius 1 is 1.37 bits per heavy atom. The van der Waals surface area contributed by atoms with E-state index >= 15 is 0 Å². The first-order chi connectivity index (χ1) is 9.33. The molecule has 1 aliphatic rings. The van der Waals surface area contributed by atoms with E-state index in [-0.39, 0.29) is 0 Å². The minimum Gasteiger partial charge on any atom is -0.377 e. The number of hydrogen-bond acceptors (Lipinski definition) is 5. The molecule has 1 aliphatic heterocycles. The van der Waals surface area contributed by atoms with Crippen molar-refractivity contribution in [2.75, 3.05) is 12.4 Å². The zero-order valence-electron chi connectivity index (χ0n) is 10.2. The van der Waals surface area contributed by atoms with E-state index in [0.717, 1.165) is 36.0 Å². The van der Waals surface area contributed by atoms with Crippen molar-refractivity contribution in [2.45, 2.75) is 24.1 Å². The Kier molecular flexibility index (Phi) is 4.00. The number of tetrazole rings is 1. The molecule has 0 saturated carbocycles. The number of rotatable bonds is 4. The van der Waals surface area contributed by atoms with Crippen LogP contribution in [-0.4, -0.2) is 38.7 Å². The third kappa shape index (κ3) is 3.08. The quantitative estimate of drug-likeness (QED) is 0.812. The van der Waals surface area contributed by atoms with E-state index < -0.39 is 0 Å². The molecule has 0 unspecified atom stereocenters. The van der Waals surface area contributed by atoms with Crippen molar-refractivity contribution in [3.05, 3.63) is 29.3 Å². The summed E-state index contributed by atoms with van der Waals surface area (Å²) < 4.78 is 7.31. The van der Waals surface area contributed by atoms with E-state index in [9.17, 15) is 0 Å². The van der Waals surface area contributed by atoms with Gasteiger partial charge in [-0.3, -0.25) is 0 Å². The van der Waals surface area contributed by atoms with Crippen LogP contribution in [0, 0.1) is 0 Å². The van der Waals surface area contributed by atoms with Gasteiger partial charge in [0.1, 0.15) is 0 Å². The monoisotopic (exact) mass is 296 g/mol. The first kappa shape index (κ1) is 12.9. The number of benzene rings is 1. The summed E-state index contributed by atoms with van der Waals surface area (Å²) in [4.78, 5) is 0. The largest absolute Gasteiger partial charge is 0.377 e. The van der Waals surface area contributed by atoms with Crippen LogP contribution in [0.4, 0.5) is 0 Å². The summed E-state index contributed by atoms with van der Waals surface area (Å²) in [5.74, 6) is 0.883. The van der Waals surface area contributed by atoms with Crippen molar-refractivity contribution in [3.63, 3.8) is 0 Å². The molecule has 2 heterocycles. The number of ether oxygens (including phenoxy) is 1. The highest BCUT2D eigenvalue weighted by Gasteiger charge is 2.18. The van der Waals surface area contributed by atoms with Gasteiger partial charge in [0.15, 0.2) is 0 Å². The number of nitrogens with zero attached hydrogens (tertiary/aromatic N) is 4.